The van der Waals surface area contributed by atoms with Crippen molar-refractivity contribution in [3.8, 4) is 0 Å². The van der Waals surface area contributed by atoms with Crippen molar-refractivity contribution in [3.63, 3.8) is 0 Å². The van der Waals surface area contributed by atoms with Crippen LogP contribution in [-0.2, 0) is 9.59 Å². The lowest BCUT2D eigenvalue weighted by Gasteiger charge is -2.50. The van der Waals surface area contributed by atoms with Crippen LogP contribution in [0.5, 0.6) is 0 Å². The van der Waals surface area contributed by atoms with Crippen LogP contribution in [0.3, 0.4) is 0 Å². The number of aliphatic carboxylic acids is 1. The summed E-state index contributed by atoms with van der Waals surface area (Å²) < 4.78 is 0. The molecule has 24 heavy (non-hydrogen) atoms. The fourth-order valence-electron chi connectivity index (χ4n) is 4.48. The van der Waals surface area contributed by atoms with Gasteiger partial charge in [-0.3, -0.25) is 9.59 Å². The zero-order valence-corrected chi connectivity index (χ0v) is 14.4. The van der Waals surface area contributed by atoms with E-state index in [0.717, 1.165) is 20.3 Å². The SMILES string of the molecule is CC(N)C(=O)N1CCCC12CCC(N)(C(=O)O)C(CCC[B]O)C2. The summed E-state index contributed by atoms with van der Waals surface area (Å²) >= 11 is 0. The molecule has 2 fully saturated rings. The molecule has 8 heteroatoms. The highest BCUT2D eigenvalue weighted by Crippen LogP contribution is 2.48. The molecule has 0 aromatic heterocycles. The molecule has 1 aliphatic heterocycles. The van der Waals surface area contributed by atoms with E-state index >= 15 is 0 Å². The van der Waals surface area contributed by atoms with Crippen LogP contribution in [0.4, 0.5) is 0 Å². The van der Waals surface area contributed by atoms with E-state index in [9.17, 15) is 14.7 Å². The van der Waals surface area contributed by atoms with Crippen molar-refractivity contribution >= 4 is 19.4 Å². The van der Waals surface area contributed by atoms with Gasteiger partial charge in [0.2, 0.25) is 5.91 Å². The zero-order chi connectivity index (χ0) is 18.0. The Morgan fingerprint density at radius 1 is 1.38 bits per heavy atom. The van der Waals surface area contributed by atoms with Gasteiger partial charge in [-0.05, 0) is 51.4 Å². The molecule has 0 bridgehead atoms. The number of carbonyl (C=O) groups excluding carboxylic acids is 1. The minimum Gasteiger partial charge on any atom is -0.480 e. The Balaban J connectivity index is 2.22. The van der Waals surface area contributed by atoms with Crippen molar-refractivity contribution < 1.29 is 19.7 Å². The van der Waals surface area contributed by atoms with E-state index in [1.165, 1.54) is 0 Å². The summed E-state index contributed by atoms with van der Waals surface area (Å²) in [7, 11) is 1.10. The first-order valence-corrected chi connectivity index (χ1v) is 8.82. The molecule has 4 unspecified atom stereocenters. The van der Waals surface area contributed by atoms with Crippen molar-refractivity contribution in [2.45, 2.75) is 75.3 Å². The normalized spacial score (nSPS) is 34.3. The minimum absolute atomic E-state index is 0.0604. The first kappa shape index (κ1) is 19.2. The van der Waals surface area contributed by atoms with Gasteiger partial charge in [-0.25, -0.2) is 0 Å². The van der Waals surface area contributed by atoms with Gasteiger partial charge in [0.1, 0.15) is 5.54 Å². The van der Waals surface area contributed by atoms with Crippen molar-refractivity contribution in [2.75, 3.05) is 6.54 Å². The van der Waals surface area contributed by atoms with Gasteiger partial charge in [0.25, 0.3) is 7.48 Å². The fraction of sp³-hybridized carbons (Fsp3) is 0.875. The van der Waals surface area contributed by atoms with Gasteiger partial charge in [-0.15, -0.1) is 0 Å². The van der Waals surface area contributed by atoms with Gasteiger partial charge < -0.3 is 26.5 Å². The number of rotatable bonds is 6. The number of amides is 1. The van der Waals surface area contributed by atoms with E-state index in [4.69, 9.17) is 16.5 Å². The Kier molecular flexibility index (Phi) is 5.93. The second-order valence-electron chi connectivity index (χ2n) is 7.47. The average molecular weight is 338 g/mol. The maximum atomic E-state index is 12.5. The van der Waals surface area contributed by atoms with E-state index in [-0.39, 0.29) is 17.4 Å². The first-order chi connectivity index (χ1) is 11.3. The van der Waals surface area contributed by atoms with Crippen molar-refractivity contribution in [1.82, 2.24) is 4.90 Å². The highest BCUT2D eigenvalue weighted by atomic mass is 16.4. The quantitative estimate of drug-likeness (QED) is 0.401. The Morgan fingerprint density at radius 3 is 2.67 bits per heavy atom. The molecule has 1 amide bonds. The van der Waals surface area contributed by atoms with Crippen molar-refractivity contribution in [2.24, 2.45) is 17.4 Å². The Hall–Kier alpha value is -1.12. The molecule has 7 nitrogen and oxygen atoms in total. The van der Waals surface area contributed by atoms with E-state index in [0.29, 0.717) is 45.0 Å². The number of likely N-dealkylation sites (tertiary alicyclic amines) is 1. The monoisotopic (exact) mass is 338 g/mol. The van der Waals surface area contributed by atoms with Crippen LogP contribution >= 0.6 is 0 Å². The summed E-state index contributed by atoms with van der Waals surface area (Å²) in [5.74, 6) is -1.25. The molecule has 135 valence electrons. The molecular formula is C16H29BN3O4. The fourth-order valence-corrected chi connectivity index (χ4v) is 4.48. The Labute approximate surface area is 144 Å². The minimum atomic E-state index is -1.26. The third-order valence-corrected chi connectivity index (χ3v) is 5.89. The number of hydrogen-bond donors (Lipinski definition) is 4. The van der Waals surface area contributed by atoms with E-state index in [2.05, 4.69) is 0 Å². The maximum absolute atomic E-state index is 12.5. The van der Waals surface area contributed by atoms with Gasteiger partial charge >= 0.3 is 5.97 Å². The van der Waals surface area contributed by atoms with Gasteiger partial charge in [0.15, 0.2) is 0 Å². The van der Waals surface area contributed by atoms with E-state index < -0.39 is 17.6 Å². The summed E-state index contributed by atoms with van der Waals surface area (Å²) in [4.78, 5) is 26.1. The van der Waals surface area contributed by atoms with Gasteiger partial charge in [0.05, 0.1) is 6.04 Å². The zero-order valence-electron chi connectivity index (χ0n) is 14.4. The lowest BCUT2D eigenvalue weighted by Crippen LogP contribution is -2.64. The molecule has 1 heterocycles. The molecule has 2 rings (SSSR count). The predicted molar refractivity (Wildman–Crippen MR) is 91.2 cm³/mol. The first-order valence-electron chi connectivity index (χ1n) is 8.82. The van der Waals surface area contributed by atoms with Crippen LogP contribution in [-0.4, -0.2) is 58.1 Å². The number of nitrogens with two attached hydrogens (primary N) is 2. The van der Waals surface area contributed by atoms with Crippen molar-refractivity contribution in [3.05, 3.63) is 0 Å². The molecule has 6 N–H and O–H groups in total. The lowest BCUT2D eigenvalue weighted by molar-refractivity contribution is -0.151. The summed E-state index contributed by atoms with van der Waals surface area (Å²) in [5, 5.41) is 18.5. The van der Waals surface area contributed by atoms with Crippen LogP contribution < -0.4 is 11.5 Å². The summed E-state index contributed by atoms with van der Waals surface area (Å²) in [5.41, 5.74) is 10.5. The molecule has 1 saturated heterocycles. The molecule has 1 radical (unpaired) electrons. The summed E-state index contributed by atoms with van der Waals surface area (Å²) in [6.45, 7) is 2.37. The third-order valence-electron chi connectivity index (χ3n) is 5.89. The van der Waals surface area contributed by atoms with E-state index in [1.54, 1.807) is 6.92 Å². The second kappa shape index (κ2) is 7.41. The number of nitrogens with zero attached hydrogens (tertiary/aromatic N) is 1. The third kappa shape index (κ3) is 3.46. The molecule has 1 saturated carbocycles. The highest BCUT2D eigenvalue weighted by Gasteiger charge is 2.55. The lowest BCUT2D eigenvalue weighted by atomic mass is 9.63. The van der Waals surface area contributed by atoms with Gasteiger partial charge in [0, 0.05) is 12.1 Å². The van der Waals surface area contributed by atoms with Crippen molar-refractivity contribution in [1.29, 1.82) is 0 Å². The molecule has 4 atom stereocenters. The smallest absolute Gasteiger partial charge is 0.323 e. The molecule has 0 aromatic carbocycles. The summed E-state index contributed by atoms with van der Waals surface area (Å²) in [6, 6.07) is -0.550. The molecule has 2 aliphatic rings. The average Bonchev–Trinajstić information content (AvgIpc) is 2.93. The Bertz CT molecular complexity index is 490. The van der Waals surface area contributed by atoms with Gasteiger partial charge in [-0.2, -0.15) is 0 Å². The molecule has 1 spiro atoms. The second-order valence-corrected chi connectivity index (χ2v) is 7.47. The number of carboxylic acid groups (broad SMARTS) is 1. The maximum Gasteiger partial charge on any atom is 0.323 e. The number of hydrogen-bond acceptors (Lipinski definition) is 5. The van der Waals surface area contributed by atoms with E-state index in [1.807, 2.05) is 4.90 Å². The molecular weight excluding hydrogens is 309 g/mol. The van der Waals surface area contributed by atoms with Gasteiger partial charge in [-0.1, -0.05) is 12.7 Å². The van der Waals surface area contributed by atoms with Crippen LogP contribution in [0.15, 0.2) is 0 Å². The number of carboxylic acids is 1. The summed E-state index contributed by atoms with van der Waals surface area (Å²) in [6.07, 6.45) is 5.19. The molecule has 1 aliphatic carbocycles. The largest absolute Gasteiger partial charge is 0.480 e. The standard InChI is InChI=1S/C16H29BN3O4/c1-11(18)13(21)20-9-3-5-15(20)6-7-16(19,14(22)23)12(10-15)4-2-8-17-24/h11-12,24H,2-10,18-19H2,1H3,(H,22,23). The van der Waals surface area contributed by atoms with Crippen LogP contribution in [0.2, 0.25) is 6.32 Å². The molecule has 0 aromatic rings. The Morgan fingerprint density at radius 2 is 2.08 bits per heavy atom. The van der Waals surface area contributed by atoms with Crippen LogP contribution in [0.1, 0.15) is 51.9 Å². The highest BCUT2D eigenvalue weighted by molar-refractivity contribution is 6.25. The van der Waals surface area contributed by atoms with Crippen LogP contribution in [0.25, 0.3) is 0 Å². The predicted octanol–water partition coefficient (Wildman–Crippen LogP) is 0.0870. The number of carbonyl (C=O) groups is 2. The topological polar surface area (TPSA) is 130 Å². The van der Waals surface area contributed by atoms with Crippen LogP contribution in [0, 0.1) is 5.92 Å².